The van der Waals surface area contributed by atoms with E-state index in [9.17, 15) is 4.79 Å². The number of nitrogens with zero attached hydrogens (tertiary/aromatic N) is 1. The number of aromatic nitrogens is 1. The molecule has 1 aliphatic rings. The molecule has 1 heterocycles. The van der Waals surface area contributed by atoms with E-state index in [0.717, 1.165) is 18.5 Å². The van der Waals surface area contributed by atoms with Crippen LogP contribution in [0, 0.1) is 0 Å². The molecular formula is C13H18N2O2. The molecule has 1 aromatic heterocycles. The number of ether oxygens (including phenoxy) is 1. The van der Waals surface area contributed by atoms with Crippen molar-refractivity contribution in [1.82, 2.24) is 10.3 Å². The summed E-state index contributed by atoms with van der Waals surface area (Å²) in [7, 11) is 1.62. The lowest BCUT2D eigenvalue weighted by atomic mass is 10.1. The van der Waals surface area contributed by atoms with Crippen molar-refractivity contribution in [3.63, 3.8) is 0 Å². The van der Waals surface area contributed by atoms with Gasteiger partial charge in [-0.05, 0) is 24.8 Å². The number of hydrogen-bond donors (Lipinski definition) is 1. The van der Waals surface area contributed by atoms with Crippen molar-refractivity contribution in [2.24, 2.45) is 0 Å². The number of carbonyl (C=O) groups excluding carboxylic acids is 1. The Hall–Kier alpha value is -1.58. The highest BCUT2D eigenvalue weighted by atomic mass is 16.5. The van der Waals surface area contributed by atoms with Crippen molar-refractivity contribution in [2.75, 3.05) is 7.05 Å². The van der Waals surface area contributed by atoms with Crippen molar-refractivity contribution in [3.8, 4) is 5.75 Å². The smallest absolute Gasteiger partial charge is 0.254 e. The summed E-state index contributed by atoms with van der Waals surface area (Å²) in [6.45, 7) is 4.11. The Bertz CT molecular complexity index is 425. The van der Waals surface area contributed by atoms with Crippen molar-refractivity contribution in [1.29, 1.82) is 0 Å². The summed E-state index contributed by atoms with van der Waals surface area (Å²) < 4.78 is 5.69. The first-order valence-electron chi connectivity index (χ1n) is 6.00. The first-order chi connectivity index (χ1) is 8.11. The molecule has 4 heteroatoms. The molecule has 1 saturated carbocycles. The zero-order chi connectivity index (χ0) is 12.4. The van der Waals surface area contributed by atoms with Gasteiger partial charge in [-0.3, -0.25) is 9.78 Å². The van der Waals surface area contributed by atoms with Gasteiger partial charge >= 0.3 is 0 Å². The summed E-state index contributed by atoms with van der Waals surface area (Å²) in [6.07, 6.45) is 4.07. The van der Waals surface area contributed by atoms with E-state index in [4.69, 9.17) is 4.74 Å². The number of nitrogens with one attached hydrogen (secondary N) is 1. The molecule has 0 aliphatic heterocycles. The van der Waals surface area contributed by atoms with Gasteiger partial charge in [-0.2, -0.15) is 0 Å². The average molecular weight is 234 g/mol. The highest BCUT2D eigenvalue weighted by Crippen LogP contribution is 2.29. The van der Waals surface area contributed by atoms with Gasteiger partial charge in [0.25, 0.3) is 5.91 Å². The molecule has 17 heavy (non-hydrogen) atoms. The van der Waals surface area contributed by atoms with Crippen molar-refractivity contribution < 1.29 is 9.53 Å². The van der Waals surface area contributed by atoms with E-state index in [1.54, 1.807) is 13.2 Å². The van der Waals surface area contributed by atoms with Gasteiger partial charge < -0.3 is 10.1 Å². The van der Waals surface area contributed by atoms with Gasteiger partial charge in [-0.25, -0.2) is 0 Å². The molecule has 1 amide bonds. The SMILES string of the molecule is CNC(=O)c1cc(C(C)C)ncc1OC1CC1. The number of carbonyl (C=O) groups is 1. The molecule has 1 fully saturated rings. The third kappa shape index (κ3) is 2.75. The molecule has 4 nitrogen and oxygen atoms in total. The van der Waals surface area contributed by atoms with Crippen LogP contribution in [0.5, 0.6) is 5.75 Å². The zero-order valence-corrected chi connectivity index (χ0v) is 10.5. The molecule has 0 bridgehead atoms. The van der Waals surface area contributed by atoms with Gasteiger partial charge in [0.05, 0.1) is 17.9 Å². The second-order valence-corrected chi connectivity index (χ2v) is 4.66. The van der Waals surface area contributed by atoms with E-state index in [-0.39, 0.29) is 12.0 Å². The zero-order valence-electron chi connectivity index (χ0n) is 10.5. The number of rotatable bonds is 4. The predicted octanol–water partition coefficient (Wildman–Crippen LogP) is 2.11. The van der Waals surface area contributed by atoms with Crippen LogP contribution in [0.1, 0.15) is 48.7 Å². The van der Waals surface area contributed by atoms with E-state index in [0.29, 0.717) is 17.2 Å². The van der Waals surface area contributed by atoms with Crippen LogP contribution in [0.25, 0.3) is 0 Å². The van der Waals surface area contributed by atoms with E-state index < -0.39 is 0 Å². The molecule has 0 radical (unpaired) electrons. The van der Waals surface area contributed by atoms with Crippen molar-refractivity contribution in [2.45, 2.75) is 38.7 Å². The van der Waals surface area contributed by atoms with Gasteiger partial charge in [-0.1, -0.05) is 13.8 Å². The fraction of sp³-hybridized carbons (Fsp3) is 0.538. The van der Waals surface area contributed by atoms with E-state index in [1.807, 2.05) is 6.07 Å². The molecule has 1 aromatic rings. The van der Waals surface area contributed by atoms with Crippen LogP contribution in [0.2, 0.25) is 0 Å². The Morgan fingerprint density at radius 1 is 1.53 bits per heavy atom. The van der Waals surface area contributed by atoms with Crippen LogP contribution >= 0.6 is 0 Å². The van der Waals surface area contributed by atoms with Crippen molar-refractivity contribution in [3.05, 3.63) is 23.5 Å². The minimum Gasteiger partial charge on any atom is -0.488 e. The van der Waals surface area contributed by atoms with Gasteiger partial charge in [0.1, 0.15) is 0 Å². The van der Waals surface area contributed by atoms with E-state index in [1.165, 1.54) is 0 Å². The van der Waals surface area contributed by atoms with E-state index >= 15 is 0 Å². The second kappa shape index (κ2) is 4.73. The highest BCUT2D eigenvalue weighted by molar-refractivity contribution is 5.96. The largest absolute Gasteiger partial charge is 0.488 e. The number of hydrogen-bond acceptors (Lipinski definition) is 3. The fourth-order valence-electron chi connectivity index (χ4n) is 1.55. The Morgan fingerprint density at radius 3 is 2.76 bits per heavy atom. The van der Waals surface area contributed by atoms with Gasteiger partial charge in [-0.15, -0.1) is 0 Å². The molecule has 92 valence electrons. The minimum atomic E-state index is -0.120. The summed E-state index contributed by atoms with van der Waals surface area (Å²) in [5, 5.41) is 2.63. The first kappa shape index (κ1) is 11.9. The molecular weight excluding hydrogens is 216 g/mol. The van der Waals surface area contributed by atoms with Crippen LogP contribution in [0.15, 0.2) is 12.3 Å². The minimum absolute atomic E-state index is 0.120. The molecule has 0 atom stereocenters. The Balaban J connectivity index is 2.32. The molecule has 1 N–H and O–H groups in total. The topological polar surface area (TPSA) is 51.2 Å². The quantitative estimate of drug-likeness (QED) is 0.868. The summed E-state index contributed by atoms with van der Waals surface area (Å²) in [5.41, 5.74) is 1.49. The van der Waals surface area contributed by atoms with Crippen molar-refractivity contribution >= 4 is 5.91 Å². The molecule has 0 unspecified atom stereocenters. The monoisotopic (exact) mass is 234 g/mol. The second-order valence-electron chi connectivity index (χ2n) is 4.66. The lowest BCUT2D eigenvalue weighted by Gasteiger charge is -2.12. The molecule has 0 aromatic carbocycles. The summed E-state index contributed by atoms with van der Waals surface area (Å²) in [5.74, 6) is 0.773. The maximum Gasteiger partial charge on any atom is 0.254 e. The third-order valence-corrected chi connectivity index (χ3v) is 2.77. The Kier molecular flexibility index (Phi) is 3.31. The third-order valence-electron chi connectivity index (χ3n) is 2.77. The predicted molar refractivity (Wildman–Crippen MR) is 65.4 cm³/mol. The lowest BCUT2D eigenvalue weighted by molar-refractivity contribution is 0.0958. The summed E-state index contributed by atoms with van der Waals surface area (Å²) in [4.78, 5) is 16.1. The fourth-order valence-corrected chi connectivity index (χ4v) is 1.55. The van der Waals surface area contributed by atoms with Gasteiger partial charge in [0.2, 0.25) is 0 Å². The number of pyridine rings is 1. The van der Waals surface area contributed by atoms with Crippen LogP contribution < -0.4 is 10.1 Å². The highest BCUT2D eigenvalue weighted by Gasteiger charge is 2.26. The normalized spacial score (nSPS) is 14.8. The molecule has 0 saturated heterocycles. The maximum atomic E-state index is 11.8. The van der Waals surface area contributed by atoms with Crippen LogP contribution in [-0.4, -0.2) is 24.0 Å². The van der Waals surface area contributed by atoms with Crippen LogP contribution in [0.4, 0.5) is 0 Å². The van der Waals surface area contributed by atoms with Gasteiger partial charge in [0, 0.05) is 12.7 Å². The number of amides is 1. The van der Waals surface area contributed by atoms with Crippen LogP contribution in [-0.2, 0) is 0 Å². The summed E-state index contributed by atoms with van der Waals surface area (Å²) >= 11 is 0. The lowest BCUT2D eigenvalue weighted by Crippen LogP contribution is -2.20. The maximum absolute atomic E-state index is 11.8. The molecule has 1 aliphatic carbocycles. The molecule has 2 rings (SSSR count). The van der Waals surface area contributed by atoms with E-state index in [2.05, 4.69) is 24.1 Å². The molecule has 0 spiro atoms. The average Bonchev–Trinajstić information content (AvgIpc) is 3.12. The standard InChI is InChI=1S/C13H18N2O2/c1-8(2)11-6-10(13(16)14-3)12(7-15-11)17-9-4-5-9/h6-9H,4-5H2,1-3H3,(H,14,16). The van der Waals surface area contributed by atoms with Gasteiger partial charge in [0.15, 0.2) is 5.75 Å². The Morgan fingerprint density at radius 2 is 2.24 bits per heavy atom. The first-order valence-corrected chi connectivity index (χ1v) is 6.00. The van der Waals surface area contributed by atoms with Crippen LogP contribution in [0.3, 0.4) is 0 Å². The Labute approximate surface area is 101 Å². The summed E-state index contributed by atoms with van der Waals surface area (Å²) in [6, 6.07) is 1.82.